The van der Waals surface area contributed by atoms with Gasteiger partial charge in [-0.05, 0) is 50.1 Å². The van der Waals surface area contributed by atoms with Crippen molar-refractivity contribution in [1.82, 2.24) is 30.0 Å². The molecule has 0 saturated carbocycles. The first-order valence-electron chi connectivity index (χ1n) is 11.7. The molecule has 9 nitrogen and oxygen atoms in total. The molecule has 5 aromatic rings. The van der Waals surface area contributed by atoms with Crippen LogP contribution in [0.3, 0.4) is 0 Å². The van der Waals surface area contributed by atoms with Crippen LogP contribution in [0.15, 0.2) is 59.8 Å². The zero-order valence-electron chi connectivity index (χ0n) is 20.8. The number of hydrogen-bond donors (Lipinski definition) is 1. The predicted octanol–water partition coefficient (Wildman–Crippen LogP) is 5.36. The fourth-order valence-electron chi connectivity index (χ4n) is 4.35. The van der Waals surface area contributed by atoms with Crippen molar-refractivity contribution in [3.05, 3.63) is 88.5 Å². The highest BCUT2D eigenvalue weighted by Gasteiger charge is 2.20. The number of rotatable bonds is 7. The number of hydrogen-bond acceptors (Lipinski definition) is 7. The summed E-state index contributed by atoms with van der Waals surface area (Å²) >= 11 is 6.68. The van der Waals surface area contributed by atoms with Crippen molar-refractivity contribution < 1.29 is 13.9 Å². The highest BCUT2D eigenvalue weighted by molar-refractivity contribution is 6.31. The van der Waals surface area contributed by atoms with Crippen LogP contribution >= 0.6 is 11.6 Å². The third-order valence-electron chi connectivity index (χ3n) is 6.11. The van der Waals surface area contributed by atoms with Crippen LogP contribution in [0.25, 0.3) is 22.3 Å². The molecule has 2 aromatic carbocycles. The Labute approximate surface area is 218 Å². The highest BCUT2D eigenvalue weighted by atomic mass is 35.5. The van der Waals surface area contributed by atoms with Crippen molar-refractivity contribution in [2.45, 2.75) is 33.4 Å². The van der Waals surface area contributed by atoms with E-state index in [4.69, 9.17) is 25.7 Å². The van der Waals surface area contributed by atoms with Crippen LogP contribution in [0.5, 0.6) is 5.75 Å². The van der Waals surface area contributed by atoms with Crippen LogP contribution in [0.4, 0.5) is 0 Å². The first-order valence-corrected chi connectivity index (χ1v) is 12.0. The predicted molar refractivity (Wildman–Crippen MR) is 139 cm³/mol. The Hall–Kier alpha value is -4.24. The van der Waals surface area contributed by atoms with Gasteiger partial charge in [0.15, 0.2) is 17.9 Å². The number of nitrogens with zero attached hydrogens (tertiary/aromatic N) is 5. The van der Waals surface area contributed by atoms with Gasteiger partial charge in [0.2, 0.25) is 0 Å². The number of amides is 1. The third-order valence-corrected chi connectivity index (χ3v) is 6.45. The second kappa shape index (κ2) is 10.0. The number of aryl methyl sites for hydroxylation is 3. The molecule has 0 bridgehead atoms. The zero-order valence-corrected chi connectivity index (χ0v) is 21.6. The molecule has 5 rings (SSSR count). The topological polar surface area (TPSA) is 108 Å². The molecule has 0 aliphatic carbocycles. The quantitative estimate of drug-likeness (QED) is 0.310. The SMILES string of the molecule is Cc1cc(Cl)c(COc2cccc3c(-c4ncnn4C)cc(C)nc23)c([C@H](C)NC(=O)c2cocn2)c1. The number of para-hydroxylation sites is 1. The van der Waals surface area contributed by atoms with Crippen molar-refractivity contribution >= 4 is 28.4 Å². The third kappa shape index (κ3) is 4.90. The standard InChI is InChI=1S/C27H25ClN6O3/c1-15-8-19(17(3)33-27(35)23-12-36-14-30-23)21(22(28)9-15)11-37-24-7-5-6-18-20(10-16(2)32-25(18)24)26-29-13-31-34(26)4/h5-10,12-14,17H,11H2,1-4H3,(H,33,35)/t17-/m0/s1. The van der Waals surface area contributed by atoms with Crippen LogP contribution in [-0.4, -0.2) is 30.6 Å². The van der Waals surface area contributed by atoms with Crippen molar-refractivity contribution in [3.8, 4) is 17.1 Å². The van der Waals surface area contributed by atoms with Gasteiger partial charge in [-0.1, -0.05) is 29.8 Å². The summed E-state index contributed by atoms with van der Waals surface area (Å²) in [4.78, 5) is 25.7. The summed E-state index contributed by atoms with van der Waals surface area (Å²) in [6, 6.07) is 11.3. The van der Waals surface area contributed by atoms with Gasteiger partial charge in [-0.25, -0.2) is 19.6 Å². The Bertz CT molecular complexity index is 1600. The molecule has 188 valence electrons. The molecule has 3 heterocycles. The monoisotopic (exact) mass is 516 g/mol. The summed E-state index contributed by atoms with van der Waals surface area (Å²) < 4.78 is 13.0. The minimum Gasteiger partial charge on any atom is -0.487 e. The molecule has 0 aliphatic rings. The minimum atomic E-state index is -0.351. The Balaban J connectivity index is 1.48. The molecular formula is C27H25ClN6O3. The summed E-state index contributed by atoms with van der Waals surface area (Å²) in [7, 11) is 1.85. The number of fused-ring (bicyclic) bond motifs is 1. The van der Waals surface area contributed by atoms with Gasteiger partial charge in [-0.2, -0.15) is 5.10 Å². The largest absolute Gasteiger partial charge is 0.487 e. The summed E-state index contributed by atoms with van der Waals surface area (Å²) in [6.45, 7) is 5.97. The second-order valence-corrected chi connectivity index (χ2v) is 9.25. The number of oxazole rings is 1. The first-order chi connectivity index (χ1) is 17.8. The van der Waals surface area contributed by atoms with Crippen molar-refractivity contribution in [1.29, 1.82) is 0 Å². The van der Waals surface area contributed by atoms with Crippen molar-refractivity contribution in [2.24, 2.45) is 7.05 Å². The molecule has 1 N–H and O–H groups in total. The number of benzene rings is 2. The lowest BCUT2D eigenvalue weighted by Crippen LogP contribution is -2.28. The number of nitrogens with one attached hydrogen (secondary N) is 1. The molecule has 0 radical (unpaired) electrons. The summed E-state index contributed by atoms with van der Waals surface area (Å²) in [6.07, 6.45) is 4.05. The van der Waals surface area contributed by atoms with Gasteiger partial charge in [-0.3, -0.25) is 4.79 Å². The molecule has 0 saturated heterocycles. The van der Waals surface area contributed by atoms with E-state index < -0.39 is 0 Å². The maximum absolute atomic E-state index is 12.6. The van der Waals surface area contributed by atoms with Crippen LogP contribution in [0.1, 0.15) is 45.8 Å². The van der Waals surface area contributed by atoms with E-state index in [0.29, 0.717) is 10.8 Å². The van der Waals surface area contributed by atoms with Crippen molar-refractivity contribution in [2.75, 3.05) is 0 Å². The lowest BCUT2D eigenvalue weighted by atomic mass is 9.99. The Kier molecular flexibility index (Phi) is 6.62. The van der Waals surface area contributed by atoms with E-state index in [0.717, 1.165) is 44.7 Å². The van der Waals surface area contributed by atoms with Gasteiger partial charge in [-0.15, -0.1) is 0 Å². The summed E-state index contributed by atoms with van der Waals surface area (Å²) in [5, 5.41) is 8.62. The number of halogens is 1. The van der Waals surface area contributed by atoms with Crippen LogP contribution < -0.4 is 10.1 Å². The molecule has 0 spiro atoms. The van der Waals surface area contributed by atoms with Gasteiger partial charge < -0.3 is 14.5 Å². The van der Waals surface area contributed by atoms with Gasteiger partial charge in [0.05, 0.1) is 6.04 Å². The molecule has 10 heteroatoms. The molecule has 0 unspecified atom stereocenters. The van der Waals surface area contributed by atoms with Gasteiger partial charge in [0, 0.05) is 34.3 Å². The van der Waals surface area contributed by atoms with E-state index in [1.165, 1.54) is 19.0 Å². The number of ether oxygens (including phenoxy) is 1. The van der Waals surface area contributed by atoms with Crippen LogP contribution in [0.2, 0.25) is 5.02 Å². The maximum atomic E-state index is 12.6. The summed E-state index contributed by atoms with van der Waals surface area (Å²) in [5.74, 6) is 1.02. The van der Waals surface area contributed by atoms with Crippen LogP contribution in [0, 0.1) is 13.8 Å². The average molecular weight is 517 g/mol. The minimum absolute atomic E-state index is 0.187. The van der Waals surface area contributed by atoms with E-state index in [-0.39, 0.29) is 24.2 Å². The normalized spacial score (nSPS) is 12.0. The lowest BCUT2D eigenvalue weighted by Gasteiger charge is -2.20. The highest BCUT2D eigenvalue weighted by Crippen LogP contribution is 2.34. The maximum Gasteiger partial charge on any atom is 0.273 e. The molecule has 0 aliphatic heterocycles. The molecule has 37 heavy (non-hydrogen) atoms. The zero-order chi connectivity index (χ0) is 26.1. The Morgan fingerprint density at radius 2 is 2.05 bits per heavy atom. The van der Waals surface area contributed by atoms with E-state index >= 15 is 0 Å². The van der Waals surface area contributed by atoms with Gasteiger partial charge in [0.1, 0.15) is 30.5 Å². The van der Waals surface area contributed by atoms with Gasteiger partial charge >= 0.3 is 0 Å². The number of aromatic nitrogens is 5. The fourth-order valence-corrected chi connectivity index (χ4v) is 4.69. The van der Waals surface area contributed by atoms with E-state index in [9.17, 15) is 4.79 Å². The molecule has 0 fully saturated rings. The average Bonchev–Trinajstić information content (AvgIpc) is 3.55. The molecular weight excluding hydrogens is 492 g/mol. The number of carbonyl (C=O) groups excluding carboxylic acids is 1. The Morgan fingerprint density at radius 1 is 1.22 bits per heavy atom. The van der Waals surface area contributed by atoms with Crippen molar-refractivity contribution in [3.63, 3.8) is 0 Å². The number of pyridine rings is 1. The molecule has 1 amide bonds. The molecule has 1 atom stereocenters. The van der Waals surface area contributed by atoms with Gasteiger partial charge in [0.25, 0.3) is 5.91 Å². The lowest BCUT2D eigenvalue weighted by molar-refractivity contribution is 0.0934. The Morgan fingerprint density at radius 3 is 2.78 bits per heavy atom. The number of carbonyl (C=O) groups is 1. The smallest absolute Gasteiger partial charge is 0.273 e. The van der Waals surface area contributed by atoms with E-state index in [1.807, 2.05) is 64.2 Å². The van der Waals surface area contributed by atoms with Crippen LogP contribution in [-0.2, 0) is 13.7 Å². The van der Waals surface area contributed by atoms with E-state index in [1.54, 1.807) is 4.68 Å². The fraction of sp³-hybridized carbons (Fsp3) is 0.222. The summed E-state index contributed by atoms with van der Waals surface area (Å²) in [5.41, 5.74) is 5.29. The molecule has 3 aromatic heterocycles. The first kappa shape index (κ1) is 24.5. The van der Waals surface area contributed by atoms with E-state index in [2.05, 4.69) is 20.4 Å². The second-order valence-electron chi connectivity index (χ2n) is 8.84.